The van der Waals surface area contributed by atoms with Crippen LogP contribution in [0.4, 0.5) is 0 Å². The van der Waals surface area contributed by atoms with E-state index in [1.54, 1.807) is 0 Å². The van der Waals surface area contributed by atoms with Gasteiger partial charge in [0.2, 0.25) is 0 Å². The predicted octanol–water partition coefficient (Wildman–Crippen LogP) is 3.84. The molecular weight excluding hydrogens is 278 g/mol. The molecule has 2 rings (SSSR count). The Morgan fingerprint density at radius 3 is 2.68 bits per heavy atom. The normalized spacial score (nSPS) is 18.2. The van der Waals surface area contributed by atoms with Gasteiger partial charge in [-0.05, 0) is 56.1 Å². The van der Waals surface area contributed by atoms with Gasteiger partial charge in [0.05, 0.1) is 6.61 Å². The van der Waals surface area contributed by atoms with Gasteiger partial charge in [0.25, 0.3) is 0 Å². The molecule has 1 N–H and O–H groups in total. The summed E-state index contributed by atoms with van der Waals surface area (Å²) < 4.78 is 5.71. The number of ether oxygens (including phenoxy) is 1. The van der Waals surface area contributed by atoms with Gasteiger partial charge in [-0.3, -0.25) is 0 Å². The third-order valence-corrected chi connectivity index (χ3v) is 5.16. The molecule has 0 spiro atoms. The zero-order valence-corrected chi connectivity index (χ0v) is 13.0. The number of rotatable bonds is 6. The highest BCUT2D eigenvalue weighted by Gasteiger charge is 2.19. The fourth-order valence-corrected chi connectivity index (χ4v) is 3.60. The first-order valence-corrected chi connectivity index (χ1v) is 8.39. The topological polar surface area (TPSA) is 21.3 Å². The quantitative estimate of drug-likeness (QED) is 0.807. The second-order valence-electron chi connectivity index (χ2n) is 4.97. The van der Waals surface area contributed by atoms with Crippen LogP contribution in [0.3, 0.4) is 0 Å². The predicted molar refractivity (Wildman–Crippen MR) is 84.5 cm³/mol. The third kappa shape index (κ3) is 5.25. The third-order valence-electron chi connectivity index (χ3n) is 3.59. The number of hydrogen-bond acceptors (Lipinski definition) is 3. The van der Waals surface area contributed by atoms with Gasteiger partial charge < -0.3 is 10.1 Å². The number of thioether (sulfide) groups is 1. The van der Waals surface area contributed by atoms with Crippen molar-refractivity contribution in [3.05, 3.63) is 29.3 Å². The standard InChI is InChI=1S/C15H22ClNOS/c1-12(13-6-8-17-9-7-13)19-11-10-18-15-4-2-14(16)3-5-15/h2-5,12-13,17H,6-11H2,1H3. The lowest BCUT2D eigenvalue weighted by Crippen LogP contribution is -2.32. The molecule has 0 amide bonds. The number of benzene rings is 1. The fraction of sp³-hybridized carbons (Fsp3) is 0.600. The number of piperidine rings is 1. The zero-order chi connectivity index (χ0) is 13.5. The van der Waals surface area contributed by atoms with Gasteiger partial charge in [-0.15, -0.1) is 0 Å². The molecule has 1 atom stereocenters. The Balaban J connectivity index is 1.62. The van der Waals surface area contributed by atoms with Gasteiger partial charge in [-0.25, -0.2) is 0 Å². The summed E-state index contributed by atoms with van der Waals surface area (Å²) >= 11 is 7.86. The summed E-state index contributed by atoms with van der Waals surface area (Å²) in [5.74, 6) is 2.81. The van der Waals surface area contributed by atoms with Crippen molar-refractivity contribution in [2.45, 2.75) is 25.0 Å². The maximum atomic E-state index is 5.84. The first-order valence-electron chi connectivity index (χ1n) is 6.96. The Hall–Kier alpha value is -0.380. The molecule has 1 heterocycles. The highest BCUT2D eigenvalue weighted by Crippen LogP contribution is 2.26. The lowest BCUT2D eigenvalue weighted by Gasteiger charge is -2.27. The Morgan fingerprint density at radius 1 is 1.32 bits per heavy atom. The molecule has 0 radical (unpaired) electrons. The summed E-state index contributed by atoms with van der Waals surface area (Å²) in [4.78, 5) is 0. The Morgan fingerprint density at radius 2 is 2.00 bits per heavy atom. The van der Waals surface area contributed by atoms with Crippen LogP contribution in [0, 0.1) is 5.92 Å². The van der Waals surface area contributed by atoms with Crippen molar-refractivity contribution >= 4 is 23.4 Å². The van der Waals surface area contributed by atoms with E-state index in [9.17, 15) is 0 Å². The van der Waals surface area contributed by atoms with Crippen LogP contribution in [0.1, 0.15) is 19.8 Å². The van der Waals surface area contributed by atoms with Crippen LogP contribution >= 0.6 is 23.4 Å². The minimum absolute atomic E-state index is 0.732. The molecule has 0 saturated carbocycles. The monoisotopic (exact) mass is 299 g/mol. The average Bonchev–Trinajstić information content (AvgIpc) is 2.46. The van der Waals surface area contributed by atoms with Crippen molar-refractivity contribution in [2.75, 3.05) is 25.4 Å². The minimum atomic E-state index is 0.732. The van der Waals surface area contributed by atoms with Crippen molar-refractivity contribution in [1.29, 1.82) is 0 Å². The molecule has 1 aliphatic heterocycles. The molecule has 1 aromatic carbocycles. The molecule has 1 saturated heterocycles. The van der Waals surface area contributed by atoms with Crippen LogP contribution in [-0.2, 0) is 0 Å². The number of hydrogen-bond donors (Lipinski definition) is 1. The Kier molecular flexibility index (Phi) is 6.35. The van der Waals surface area contributed by atoms with Crippen LogP contribution in [0.5, 0.6) is 5.75 Å². The molecule has 1 unspecified atom stereocenters. The summed E-state index contributed by atoms with van der Waals surface area (Å²) in [6.07, 6.45) is 2.62. The molecular formula is C15H22ClNOS. The molecule has 1 fully saturated rings. The summed E-state index contributed by atoms with van der Waals surface area (Å²) in [5, 5.41) is 4.90. The lowest BCUT2D eigenvalue weighted by molar-refractivity contribution is 0.342. The first kappa shape index (κ1) is 15.0. The van der Waals surface area contributed by atoms with E-state index in [0.29, 0.717) is 0 Å². The summed E-state index contributed by atoms with van der Waals surface area (Å²) in [6, 6.07) is 7.57. The largest absolute Gasteiger partial charge is 0.493 e. The van der Waals surface area contributed by atoms with Crippen molar-refractivity contribution in [2.24, 2.45) is 5.92 Å². The van der Waals surface area contributed by atoms with E-state index in [-0.39, 0.29) is 0 Å². The molecule has 1 aromatic rings. The summed E-state index contributed by atoms with van der Waals surface area (Å²) in [7, 11) is 0. The SMILES string of the molecule is CC(SCCOc1ccc(Cl)cc1)C1CCNCC1. The zero-order valence-electron chi connectivity index (χ0n) is 11.4. The average molecular weight is 300 g/mol. The van der Waals surface area contributed by atoms with Gasteiger partial charge >= 0.3 is 0 Å². The van der Waals surface area contributed by atoms with E-state index in [0.717, 1.165) is 34.3 Å². The van der Waals surface area contributed by atoms with Crippen LogP contribution in [0.2, 0.25) is 5.02 Å². The Labute approximate surface area is 125 Å². The van der Waals surface area contributed by atoms with Crippen molar-refractivity contribution in [3.8, 4) is 5.75 Å². The minimum Gasteiger partial charge on any atom is -0.493 e. The van der Waals surface area contributed by atoms with Crippen molar-refractivity contribution < 1.29 is 4.74 Å². The first-order chi connectivity index (χ1) is 9.25. The molecule has 0 aliphatic carbocycles. The summed E-state index contributed by atoms with van der Waals surface area (Å²) in [6.45, 7) is 5.47. The van der Waals surface area contributed by atoms with E-state index >= 15 is 0 Å². The van der Waals surface area contributed by atoms with Gasteiger partial charge in [0, 0.05) is 16.0 Å². The van der Waals surface area contributed by atoms with Gasteiger partial charge in [-0.1, -0.05) is 18.5 Å². The van der Waals surface area contributed by atoms with Crippen LogP contribution < -0.4 is 10.1 Å². The maximum absolute atomic E-state index is 5.84. The van der Waals surface area contributed by atoms with E-state index in [1.165, 1.54) is 25.9 Å². The molecule has 0 aromatic heterocycles. The maximum Gasteiger partial charge on any atom is 0.119 e. The Bertz CT molecular complexity index is 365. The highest BCUT2D eigenvalue weighted by atomic mass is 35.5. The van der Waals surface area contributed by atoms with E-state index in [1.807, 2.05) is 36.0 Å². The molecule has 19 heavy (non-hydrogen) atoms. The second-order valence-corrected chi connectivity index (χ2v) is 6.89. The molecule has 106 valence electrons. The van der Waals surface area contributed by atoms with Crippen LogP contribution in [0.15, 0.2) is 24.3 Å². The van der Waals surface area contributed by atoms with E-state index < -0.39 is 0 Å². The second kappa shape index (κ2) is 8.03. The van der Waals surface area contributed by atoms with Gasteiger partial charge in [0.15, 0.2) is 0 Å². The van der Waals surface area contributed by atoms with Gasteiger partial charge in [0.1, 0.15) is 5.75 Å². The van der Waals surface area contributed by atoms with Gasteiger partial charge in [-0.2, -0.15) is 11.8 Å². The van der Waals surface area contributed by atoms with Crippen LogP contribution in [0.25, 0.3) is 0 Å². The van der Waals surface area contributed by atoms with E-state index in [4.69, 9.17) is 16.3 Å². The van der Waals surface area contributed by atoms with Crippen LogP contribution in [-0.4, -0.2) is 30.7 Å². The smallest absolute Gasteiger partial charge is 0.119 e. The molecule has 0 bridgehead atoms. The molecule has 4 heteroatoms. The van der Waals surface area contributed by atoms with Crippen molar-refractivity contribution in [3.63, 3.8) is 0 Å². The summed E-state index contributed by atoms with van der Waals surface area (Å²) in [5.41, 5.74) is 0. The number of nitrogens with one attached hydrogen (secondary N) is 1. The fourth-order valence-electron chi connectivity index (χ4n) is 2.37. The molecule has 1 aliphatic rings. The highest BCUT2D eigenvalue weighted by molar-refractivity contribution is 7.99. The van der Waals surface area contributed by atoms with E-state index in [2.05, 4.69) is 12.2 Å². The molecule has 2 nitrogen and oxygen atoms in total. The lowest BCUT2D eigenvalue weighted by atomic mass is 9.95. The number of halogens is 1. The van der Waals surface area contributed by atoms with Crippen molar-refractivity contribution in [1.82, 2.24) is 5.32 Å².